The highest BCUT2D eigenvalue weighted by Gasteiger charge is 2.41. The summed E-state index contributed by atoms with van der Waals surface area (Å²) in [5.41, 5.74) is 4.13. The number of ether oxygens (including phenoxy) is 3. The van der Waals surface area contributed by atoms with Gasteiger partial charge in [-0.3, -0.25) is 4.79 Å². The average molecular weight is 711 g/mol. The number of aromatic nitrogens is 2. The second-order valence-electron chi connectivity index (χ2n) is 13.3. The van der Waals surface area contributed by atoms with Gasteiger partial charge in [0.05, 0.1) is 38.9 Å². The standard InChI is InChI=1S/C29H42N2O4.C13H12N2S/c1-6-8-17-30(16-7-2)18-14-29(24-12-10-9-11-13-24)15-19-31(22-29)28(32)23-20-25(33-3)27(35-5)26(21-23)34-4;1-10-14-12-6-2-3-7-13(12)15(10)9-11-5-4-8-16-11/h9-13,20-21H,6-8,14-19,22H2,1-5H3;2-8H,9H2,1H3. The van der Waals surface area contributed by atoms with Crippen LogP contribution in [0.15, 0.2) is 84.2 Å². The predicted molar refractivity (Wildman–Crippen MR) is 209 cm³/mol. The molecule has 1 unspecified atom stereocenters. The molecule has 8 nitrogen and oxygen atoms in total. The van der Waals surface area contributed by atoms with Gasteiger partial charge in [-0.25, -0.2) is 4.98 Å². The molecule has 3 aromatic carbocycles. The fourth-order valence-corrected chi connectivity index (χ4v) is 7.86. The van der Waals surface area contributed by atoms with Crippen LogP contribution in [0.3, 0.4) is 0 Å². The van der Waals surface area contributed by atoms with E-state index < -0.39 is 0 Å². The highest BCUT2D eigenvalue weighted by atomic mass is 32.1. The van der Waals surface area contributed by atoms with Gasteiger partial charge in [-0.1, -0.05) is 68.8 Å². The molecule has 1 saturated heterocycles. The Balaban J connectivity index is 0.000000259. The van der Waals surface area contributed by atoms with E-state index in [2.05, 4.69) is 101 Å². The van der Waals surface area contributed by atoms with Crippen LogP contribution < -0.4 is 14.2 Å². The van der Waals surface area contributed by atoms with E-state index in [0.717, 1.165) is 63.3 Å². The number of amides is 1. The molecule has 2 aromatic heterocycles. The minimum atomic E-state index is -0.0459. The highest BCUT2D eigenvalue weighted by Crippen LogP contribution is 2.41. The molecule has 9 heteroatoms. The van der Waals surface area contributed by atoms with E-state index in [0.29, 0.717) is 29.4 Å². The molecule has 6 rings (SSSR count). The summed E-state index contributed by atoms with van der Waals surface area (Å²) in [6, 6.07) is 26.8. The minimum Gasteiger partial charge on any atom is -0.493 e. The lowest BCUT2D eigenvalue weighted by Crippen LogP contribution is -2.38. The molecule has 1 fully saturated rings. The third-order valence-corrected chi connectivity index (χ3v) is 10.8. The number of thiophene rings is 1. The van der Waals surface area contributed by atoms with Gasteiger partial charge in [-0.15, -0.1) is 11.3 Å². The molecule has 1 atom stereocenters. The topological polar surface area (TPSA) is 69.1 Å². The number of likely N-dealkylation sites (tertiary alicyclic amines) is 1. The summed E-state index contributed by atoms with van der Waals surface area (Å²) in [5, 5.41) is 2.11. The van der Waals surface area contributed by atoms with Gasteiger partial charge in [-0.05, 0) is 93.5 Å². The van der Waals surface area contributed by atoms with E-state index in [4.69, 9.17) is 14.2 Å². The molecule has 0 saturated carbocycles. The smallest absolute Gasteiger partial charge is 0.254 e. The van der Waals surface area contributed by atoms with Gasteiger partial charge in [-0.2, -0.15) is 0 Å². The maximum absolute atomic E-state index is 13.6. The van der Waals surface area contributed by atoms with Gasteiger partial charge in [0.2, 0.25) is 5.75 Å². The van der Waals surface area contributed by atoms with Crippen LogP contribution in [0.4, 0.5) is 0 Å². The third kappa shape index (κ3) is 9.13. The number of rotatable bonds is 15. The Kier molecular flexibility index (Phi) is 13.6. The van der Waals surface area contributed by atoms with Crippen molar-refractivity contribution in [2.24, 2.45) is 0 Å². The number of methoxy groups -OCH3 is 3. The minimum absolute atomic E-state index is 0.00143. The monoisotopic (exact) mass is 710 g/mol. The molecule has 3 heterocycles. The van der Waals surface area contributed by atoms with Crippen molar-refractivity contribution in [2.45, 2.75) is 64.8 Å². The van der Waals surface area contributed by atoms with Gasteiger partial charge in [0, 0.05) is 28.9 Å². The summed E-state index contributed by atoms with van der Waals surface area (Å²) >= 11 is 1.79. The number of hydrogen-bond donors (Lipinski definition) is 0. The van der Waals surface area contributed by atoms with Crippen molar-refractivity contribution in [2.75, 3.05) is 54.1 Å². The number of fused-ring (bicyclic) bond motifs is 1. The van der Waals surface area contributed by atoms with Crippen LogP contribution in [-0.4, -0.2) is 79.3 Å². The van der Waals surface area contributed by atoms with E-state index in [-0.39, 0.29) is 11.3 Å². The van der Waals surface area contributed by atoms with Gasteiger partial charge in [0.25, 0.3) is 5.91 Å². The van der Waals surface area contributed by atoms with Gasteiger partial charge in [0.1, 0.15) is 5.82 Å². The lowest BCUT2D eigenvalue weighted by Gasteiger charge is -2.33. The van der Waals surface area contributed by atoms with Crippen LogP contribution >= 0.6 is 11.3 Å². The summed E-state index contributed by atoms with van der Waals surface area (Å²) in [7, 11) is 4.71. The van der Waals surface area contributed by atoms with Crippen molar-refractivity contribution in [3.63, 3.8) is 0 Å². The molecule has 0 spiro atoms. The molecule has 0 radical (unpaired) electrons. The number of unbranched alkanes of at least 4 members (excludes halogenated alkanes) is 1. The zero-order valence-electron chi connectivity index (χ0n) is 31.2. The molecular formula is C42H54N4O4S. The maximum Gasteiger partial charge on any atom is 0.254 e. The zero-order valence-corrected chi connectivity index (χ0v) is 32.0. The first-order chi connectivity index (χ1) is 24.9. The Hall–Kier alpha value is -4.34. The normalized spacial score (nSPS) is 15.5. The van der Waals surface area contributed by atoms with Crippen LogP contribution in [0.2, 0.25) is 0 Å². The number of hydrogen-bond acceptors (Lipinski definition) is 7. The lowest BCUT2D eigenvalue weighted by molar-refractivity contribution is 0.0780. The highest BCUT2D eigenvalue weighted by molar-refractivity contribution is 7.09. The van der Waals surface area contributed by atoms with E-state index in [1.807, 2.05) is 11.0 Å². The van der Waals surface area contributed by atoms with Gasteiger partial charge in [0.15, 0.2) is 11.5 Å². The first kappa shape index (κ1) is 37.9. The van der Waals surface area contributed by atoms with E-state index >= 15 is 0 Å². The Morgan fingerprint density at radius 3 is 2.25 bits per heavy atom. The van der Waals surface area contributed by atoms with Crippen LogP contribution in [-0.2, 0) is 12.0 Å². The lowest BCUT2D eigenvalue weighted by atomic mass is 9.76. The Bertz CT molecular complexity index is 1800. The van der Waals surface area contributed by atoms with E-state index in [1.54, 1.807) is 44.8 Å². The predicted octanol–water partition coefficient (Wildman–Crippen LogP) is 8.85. The molecule has 0 bridgehead atoms. The van der Waals surface area contributed by atoms with E-state index in [1.165, 1.54) is 28.8 Å². The Morgan fingerprint density at radius 1 is 0.882 bits per heavy atom. The van der Waals surface area contributed by atoms with Crippen LogP contribution in [0.5, 0.6) is 17.2 Å². The van der Waals surface area contributed by atoms with Gasteiger partial charge >= 0.3 is 0 Å². The molecule has 51 heavy (non-hydrogen) atoms. The number of nitrogens with zero attached hydrogens (tertiary/aromatic N) is 4. The molecule has 0 aliphatic carbocycles. The summed E-state index contributed by atoms with van der Waals surface area (Å²) < 4.78 is 18.7. The first-order valence-electron chi connectivity index (χ1n) is 18.2. The molecule has 1 aliphatic rings. The van der Waals surface area contributed by atoms with Crippen LogP contribution in [0, 0.1) is 6.92 Å². The number of aryl methyl sites for hydroxylation is 1. The van der Waals surface area contributed by atoms with Crippen LogP contribution in [0.1, 0.15) is 72.6 Å². The first-order valence-corrected chi connectivity index (χ1v) is 19.1. The molecule has 0 N–H and O–H groups in total. The molecule has 1 aliphatic heterocycles. The fourth-order valence-electron chi connectivity index (χ4n) is 7.17. The largest absolute Gasteiger partial charge is 0.493 e. The molecule has 1 amide bonds. The number of para-hydroxylation sites is 2. The quantitative estimate of drug-likeness (QED) is 0.108. The Morgan fingerprint density at radius 2 is 1.61 bits per heavy atom. The van der Waals surface area contributed by atoms with E-state index in [9.17, 15) is 4.79 Å². The summed E-state index contributed by atoms with van der Waals surface area (Å²) in [6.45, 7) is 12.2. The maximum atomic E-state index is 13.6. The molecule has 272 valence electrons. The van der Waals surface area contributed by atoms with Crippen LogP contribution in [0.25, 0.3) is 11.0 Å². The van der Waals surface area contributed by atoms with Crippen molar-refractivity contribution in [3.8, 4) is 17.2 Å². The SMILES string of the molecule is CCCCN(CCC)CCC1(c2ccccc2)CCN(C(=O)c2cc(OC)c(OC)c(OC)c2)C1.Cc1nc2ccccc2n1Cc1cccs1. The number of benzene rings is 3. The Labute approximate surface area is 308 Å². The molecular weight excluding hydrogens is 657 g/mol. The van der Waals surface area contributed by atoms with Crippen molar-refractivity contribution in [3.05, 3.63) is 106 Å². The third-order valence-electron chi connectivity index (χ3n) is 9.95. The van der Waals surface area contributed by atoms with Gasteiger partial charge < -0.3 is 28.6 Å². The zero-order chi connectivity index (χ0) is 36.2. The second-order valence-corrected chi connectivity index (χ2v) is 14.3. The number of imidazole rings is 1. The van der Waals surface area contributed by atoms with Crippen molar-refractivity contribution >= 4 is 28.3 Å². The summed E-state index contributed by atoms with van der Waals surface area (Å²) in [6.07, 6.45) is 5.60. The number of carbonyl (C=O) groups excluding carboxylic acids is 1. The van der Waals surface area contributed by atoms with Crippen molar-refractivity contribution in [1.29, 1.82) is 0 Å². The summed E-state index contributed by atoms with van der Waals surface area (Å²) in [4.78, 5) is 24.2. The molecule has 5 aromatic rings. The fraction of sp³-hybridized carbons (Fsp3) is 0.429. The van der Waals surface area contributed by atoms with Crippen molar-refractivity contribution in [1.82, 2.24) is 19.4 Å². The second kappa shape index (κ2) is 18.2. The summed E-state index contributed by atoms with van der Waals surface area (Å²) in [5.74, 6) is 2.56. The van der Waals surface area contributed by atoms with Crippen molar-refractivity contribution < 1.29 is 19.0 Å². The number of carbonyl (C=O) groups is 1. The average Bonchev–Trinajstić information content (AvgIpc) is 3.93.